The second kappa shape index (κ2) is 19.0. The fourth-order valence-electron chi connectivity index (χ4n) is 4.85. The first-order valence-electron chi connectivity index (χ1n) is 15.7. The Morgan fingerprint density at radius 3 is 1.35 bits per heavy atom. The molecule has 248 valence electrons. The molecule has 0 unspecified atom stereocenters. The van der Waals surface area contributed by atoms with Crippen LogP contribution in [0.4, 0.5) is 0 Å². The summed E-state index contributed by atoms with van der Waals surface area (Å²) in [5.41, 5.74) is 1.56. The van der Waals surface area contributed by atoms with Gasteiger partial charge in [0, 0.05) is 12.2 Å². The number of esters is 4. The van der Waals surface area contributed by atoms with Gasteiger partial charge < -0.3 is 28.4 Å². The SMILES string of the molecule is C=CC(=O)OCCCCOc1ccc(OC(=O)C2CCC(C(=O)Oc3ccc(OCCCCOC(=O)C=C)cc3C)CC2)c(C)c1. The number of rotatable bonds is 18. The second-order valence-corrected chi connectivity index (χ2v) is 11.1. The van der Waals surface area contributed by atoms with Gasteiger partial charge in [-0.15, -0.1) is 0 Å². The van der Waals surface area contributed by atoms with E-state index >= 15 is 0 Å². The molecule has 1 aliphatic carbocycles. The molecule has 2 aromatic carbocycles. The summed E-state index contributed by atoms with van der Waals surface area (Å²) in [6.07, 6.45) is 7.23. The molecule has 10 nitrogen and oxygen atoms in total. The molecule has 0 amide bonds. The van der Waals surface area contributed by atoms with Gasteiger partial charge in [0.1, 0.15) is 23.0 Å². The molecule has 0 saturated heterocycles. The van der Waals surface area contributed by atoms with Gasteiger partial charge in [0.15, 0.2) is 0 Å². The molecule has 1 fully saturated rings. The van der Waals surface area contributed by atoms with Crippen molar-refractivity contribution in [1.82, 2.24) is 0 Å². The number of unbranched alkanes of at least 4 members (excludes halogenated alkanes) is 2. The van der Waals surface area contributed by atoms with Crippen LogP contribution in [0.15, 0.2) is 61.7 Å². The summed E-state index contributed by atoms with van der Waals surface area (Å²) in [6.45, 7) is 12.0. The van der Waals surface area contributed by atoms with Gasteiger partial charge in [-0.1, -0.05) is 13.2 Å². The topological polar surface area (TPSA) is 124 Å². The van der Waals surface area contributed by atoms with Crippen molar-refractivity contribution in [2.24, 2.45) is 11.8 Å². The minimum atomic E-state index is -0.437. The van der Waals surface area contributed by atoms with Crippen LogP contribution in [0.1, 0.15) is 62.5 Å². The maximum atomic E-state index is 12.9. The Kier molecular flexibility index (Phi) is 14.8. The van der Waals surface area contributed by atoms with E-state index in [1.54, 1.807) is 24.3 Å². The zero-order chi connectivity index (χ0) is 33.3. The van der Waals surface area contributed by atoms with E-state index in [0.717, 1.165) is 36.1 Å². The van der Waals surface area contributed by atoms with Crippen molar-refractivity contribution >= 4 is 23.9 Å². The summed E-state index contributed by atoms with van der Waals surface area (Å²) in [6, 6.07) is 10.6. The van der Waals surface area contributed by atoms with Crippen LogP contribution in [0.5, 0.6) is 23.0 Å². The highest BCUT2D eigenvalue weighted by molar-refractivity contribution is 5.81. The van der Waals surface area contributed by atoms with Gasteiger partial charge in [-0.2, -0.15) is 0 Å². The summed E-state index contributed by atoms with van der Waals surface area (Å²) in [5.74, 6) is 0.226. The Labute approximate surface area is 270 Å². The first-order chi connectivity index (χ1) is 22.2. The van der Waals surface area contributed by atoms with Crippen LogP contribution in [-0.4, -0.2) is 50.3 Å². The monoisotopic (exact) mass is 636 g/mol. The standard InChI is InChI=1S/C36H44O10/c1-5-33(37)43-21-9-7-19-41-29-15-17-31(25(3)23-29)45-35(39)27-11-13-28(14-12-27)36(40)46-32-18-16-30(24-26(32)4)42-20-8-10-22-44-34(38)6-2/h5-6,15-18,23-24,27-28H,1-2,7-14,19-22H2,3-4H3. The van der Waals surface area contributed by atoms with Crippen molar-refractivity contribution in [1.29, 1.82) is 0 Å². The smallest absolute Gasteiger partial charge is 0.330 e. The minimum Gasteiger partial charge on any atom is -0.494 e. The van der Waals surface area contributed by atoms with Crippen molar-refractivity contribution in [2.45, 2.75) is 65.2 Å². The van der Waals surface area contributed by atoms with Crippen molar-refractivity contribution in [3.63, 3.8) is 0 Å². The Hall–Kier alpha value is -4.60. The highest BCUT2D eigenvalue weighted by Gasteiger charge is 2.32. The first kappa shape index (κ1) is 35.9. The molecule has 1 saturated carbocycles. The molecular weight excluding hydrogens is 592 g/mol. The van der Waals surface area contributed by atoms with Crippen LogP contribution < -0.4 is 18.9 Å². The van der Waals surface area contributed by atoms with Crippen LogP contribution in [0.2, 0.25) is 0 Å². The molecule has 3 rings (SSSR count). The van der Waals surface area contributed by atoms with Gasteiger partial charge in [0.2, 0.25) is 0 Å². The van der Waals surface area contributed by atoms with Crippen molar-refractivity contribution < 1.29 is 47.6 Å². The van der Waals surface area contributed by atoms with E-state index in [0.29, 0.717) is 88.0 Å². The number of aryl methyl sites for hydroxylation is 2. The molecular formula is C36H44O10. The van der Waals surface area contributed by atoms with Gasteiger partial charge in [-0.3, -0.25) is 9.59 Å². The van der Waals surface area contributed by atoms with Crippen molar-refractivity contribution in [3.05, 3.63) is 72.8 Å². The Balaban J connectivity index is 1.36. The average Bonchev–Trinajstić information content (AvgIpc) is 3.06. The summed E-state index contributed by atoms with van der Waals surface area (Å²) < 4.78 is 32.8. The van der Waals surface area contributed by atoms with E-state index in [-0.39, 0.29) is 23.8 Å². The Bertz CT molecular complexity index is 1250. The van der Waals surface area contributed by atoms with Gasteiger partial charge in [0.25, 0.3) is 0 Å². The Morgan fingerprint density at radius 2 is 1.00 bits per heavy atom. The molecule has 0 spiro atoms. The molecule has 46 heavy (non-hydrogen) atoms. The third-order valence-corrected chi connectivity index (χ3v) is 7.54. The molecule has 1 aliphatic rings. The van der Waals surface area contributed by atoms with E-state index < -0.39 is 11.9 Å². The van der Waals surface area contributed by atoms with Gasteiger partial charge >= 0.3 is 23.9 Å². The third-order valence-electron chi connectivity index (χ3n) is 7.54. The molecule has 0 aliphatic heterocycles. The quantitative estimate of drug-likeness (QED) is 0.0786. The van der Waals surface area contributed by atoms with E-state index in [1.165, 1.54) is 0 Å². The van der Waals surface area contributed by atoms with Crippen LogP contribution in [0, 0.1) is 25.7 Å². The predicted octanol–water partition coefficient (Wildman–Crippen LogP) is 6.40. The van der Waals surface area contributed by atoms with Gasteiger partial charge in [-0.05, 0) is 113 Å². The maximum absolute atomic E-state index is 12.9. The number of benzene rings is 2. The highest BCUT2D eigenvalue weighted by atomic mass is 16.5. The van der Waals surface area contributed by atoms with E-state index in [2.05, 4.69) is 13.2 Å². The molecule has 0 bridgehead atoms. The lowest BCUT2D eigenvalue weighted by atomic mass is 9.82. The fraction of sp³-hybridized carbons (Fsp3) is 0.444. The van der Waals surface area contributed by atoms with Crippen LogP contribution >= 0.6 is 0 Å². The van der Waals surface area contributed by atoms with Crippen molar-refractivity contribution in [2.75, 3.05) is 26.4 Å². The maximum Gasteiger partial charge on any atom is 0.330 e. The highest BCUT2D eigenvalue weighted by Crippen LogP contribution is 2.33. The molecule has 0 radical (unpaired) electrons. The lowest BCUT2D eigenvalue weighted by Gasteiger charge is -2.26. The molecule has 2 aromatic rings. The number of ether oxygens (including phenoxy) is 6. The van der Waals surface area contributed by atoms with Crippen LogP contribution in [0.25, 0.3) is 0 Å². The summed E-state index contributed by atoms with van der Waals surface area (Å²) >= 11 is 0. The third kappa shape index (κ3) is 12.1. The van der Waals surface area contributed by atoms with Gasteiger partial charge in [0.05, 0.1) is 38.3 Å². The molecule has 0 N–H and O–H groups in total. The van der Waals surface area contributed by atoms with E-state index in [9.17, 15) is 19.2 Å². The number of carbonyl (C=O) groups excluding carboxylic acids is 4. The molecule has 0 aromatic heterocycles. The minimum absolute atomic E-state index is 0.290. The first-order valence-corrected chi connectivity index (χ1v) is 15.7. The zero-order valence-electron chi connectivity index (χ0n) is 26.8. The largest absolute Gasteiger partial charge is 0.494 e. The van der Waals surface area contributed by atoms with Crippen LogP contribution in [0.3, 0.4) is 0 Å². The fourth-order valence-corrected chi connectivity index (χ4v) is 4.85. The summed E-state index contributed by atoms with van der Waals surface area (Å²) in [7, 11) is 0. The lowest BCUT2D eigenvalue weighted by molar-refractivity contribution is -0.145. The normalized spacial score (nSPS) is 15.6. The number of hydrogen-bond acceptors (Lipinski definition) is 10. The molecule has 0 heterocycles. The molecule has 0 atom stereocenters. The summed E-state index contributed by atoms with van der Waals surface area (Å²) in [5, 5.41) is 0. The predicted molar refractivity (Wildman–Crippen MR) is 171 cm³/mol. The van der Waals surface area contributed by atoms with E-state index in [4.69, 9.17) is 28.4 Å². The van der Waals surface area contributed by atoms with E-state index in [1.807, 2.05) is 26.0 Å². The number of hydrogen-bond donors (Lipinski definition) is 0. The lowest BCUT2D eigenvalue weighted by Crippen LogP contribution is -2.30. The summed E-state index contributed by atoms with van der Waals surface area (Å²) in [4.78, 5) is 47.9. The zero-order valence-corrected chi connectivity index (χ0v) is 26.8. The Morgan fingerprint density at radius 1 is 0.630 bits per heavy atom. The average molecular weight is 637 g/mol. The molecule has 10 heteroatoms. The van der Waals surface area contributed by atoms with Gasteiger partial charge in [-0.25, -0.2) is 9.59 Å². The van der Waals surface area contributed by atoms with Crippen LogP contribution in [-0.2, 0) is 28.7 Å². The van der Waals surface area contributed by atoms with Crippen molar-refractivity contribution in [3.8, 4) is 23.0 Å². The number of carbonyl (C=O) groups is 4. The second-order valence-electron chi connectivity index (χ2n) is 11.1.